The van der Waals surface area contributed by atoms with Crippen molar-refractivity contribution in [3.63, 3.8) is 0 Å². The van der Waals surface area contributed by atoms with Crippen molar-refractivity contribution in [2.45, 2.75) is 111 Å². The molecule has 0 aromatic heterocycles. The zero-order chi connectivity index (χ0) is 23.0. The topological polar surface area (TPSA) is 46.5 Å². The molecular weight excluding hydrogens is 384 g/mol. The van der Waals surface area contributed by atoms with E-state index in [9.17, 15) is 4.79 Å². The minimum atomic E-state index is -0.552. The first-order valence-corrected chi connectivity index (χ1v) is 12.5. The molecular formula is C28H46O3. The molecule has 2 unspecified atom stereocenters. The average Bonchev–Trinajstić information content (AvgIpc) is 2.75. The van der Waals surface area contributed by atoms with Gasteiger partial charge in [0, 0.05) is 0 Å². The summed E-state index contributed by atoms with van der Waals surface area (Å²) in [6, 6.07) is 9.72. The zero-order valence-corrected chi connectivity index (χ0v) is 20.4. The Morgan fingerprint density at radius 3 is 2.00 bits per heavy atom. The molecule has 176 valence electrons. The van der Waals surface area contributed by atoms with Gasteiger partial charge in [0.2, 0.25) is 0 Å². The number of hydrogen-bond acceptors (Lipinski definition) is 3. The second-order valence-electron chi connectivity index (χ2n) is 9.94. The molecule has 0 amide bonds. The van der Waals surface area contributed by atoms with Gasteiger partial charge < -0.3 is 4.89 Å². The Balaban J connectivity index is 2.42. The third-order valence-corrected chi connectivity index (χ3v) is 6.29. The van der Waals surface area contributed by atoms with Crippen LogP contribution < -0.4 is 0 Å². The number of hydrogen-bond donors (Lipinski definition) is 1. The van der Waals surface area contributed by atoms with Gasteiger partial charge in [0.15, 0.2) is 0 Å². The van der Waals surface area contributed by atoms with Gasteiger partial charge in [0.25, 0.3) is 0 Å². The highest BCUT2D eigenvalue weighted by molar-refractivity contribution is 5.78. The molecule has 3 heteroatoms. The molecule has 1 aromatic rings. The molecule has 1 N–H and O–H groups in total. The summed E-state index contributed by atoms with van der Waals surface area (Å²) in [5.74, 6) is -0.884. The summed E-state index contributed by atoms with van der Waals surface area (Å²) < 4.78 is 0. The Morgan fingerprint density at radius 2 is 1.45 bits per heavy atom. The maximum Gasteiger partial charge on any atom is 0.349 e. The SMILES string of the molecule is CCCCCCCC/C=C\CCCCCC(C(C(=O)OO)c1ccccc1)C(C)(C)C. The van der Waals surface area contributed by atoms with Gasteiger partial charge in [0.1, 0.15) is 0 Å². The van der Waals surface area contributed by atoms with Gasteiger partial charge in [-0.15, -0.1) is 0 Å². The molecule has 31 heavy (non-hydrogen) atoms. The molecule has 0 saturated carbocycles. The zero-order valence-electron chi connectivity index (χ0n) is 20.4. The standard InChI is InChI=1S/C28H46O3/c1-5-6-7-8-9-10-11-12-13-14-15-16-20-23-25(28(2,3)4)26(27(29)31-30)24-21-18-17-19-22-24/h12-13,17-19,21-22,25-26,30H,5-11,14-16,20,23H2,1-4H3/b13-12-. The summed E-state index contributed by atoms with van der Waals surface area (Å²) in [6.07, 6.45) is 19.5. The third kappa shape index (κ3) is 11.5. The van der Waals surface area contributed by atoms with Gasteiger partial charge in [-0.05, 0) is 49.0 Å². The second-order valence-corrected chi connectivity index (χ2v) is 9.94. The molecule has 2 atom stereocenters. The van der Waals surface area contributed by atoms with Crippen LogP contribution in [-0.4, -0.2) is 11.2 Å². The van der Waals surface area contributed by atoms with E-state index in [0.717, 1.165) is 31.2 Å². The quantitative estimate of drug-likeness (QED) is 0.123. The van der Waals surface area contributed by atoms with Gasteiger partial charge in [0.05, 0.1) is 5.92 Å². The van der Waals surface area contributed by atoms with E-state index in [-0.39, 0.29) is 11.3 Å². The predicted octanol–water partition coefficient (Wildman–Crippen LogP) is 8.71. The van der Waals surface area contributed by atoms with Gasteiger partial charge in [-0.2, -0.15) is 5.26 Å². The Hall–Kier alpha value is -1.61. The van der Waals surface area contributed by atoms with Gasteiger partial charge in [-0.1, -0.05) is 115 Å². The van der Waals surface area contributed by atoms with Crippen molar-refractivity contribution in [1.29, 1.82) is 0 Å². The molecule has 1 aromatic carbocycles. The van der Waals surface area contributed by atoms with Crippen LogP contribution in [0.25, 0.3) is 0 Å². The summed E-state index contributed by atoms with van der Waals surface area (Å²) >= 11 is 0. The fourth-order valence-corrected chi connectivity index (χ4v) is 4.43. The molecule has 0 aliphatic carbocycles. The number of allylic oxidation sites excluding steroid dienone is 2. The highest BCUT2D eigenvalue weighted by Crippen LogP contribution is 2.42. The van der Waals surface area contributed by atoms with E-state index >= 15 is 0 Å². The number of carbonyl (C=O) groups is 1. The van der Waals surface area contributed by atoms with Crippen LogP contribution in [0.5, 0.6) is 0 Å². The van der Waals surface area contributed by atoms with Gasteiger partial charge in [-0.25, -0.2) is 4.79 Å². The lowest BCUT2D eigenvalue weighted by atomic mass is 9.68. The van der Waals surface area contributed by atoms with Crippen molar-refractivity contribution in [2.24, 2.45) is 11.3 Å². The number of benzene rings is 1. The maximum absolute atomic E-state index is 12.5. The van der Waals surface area contributed by atoms with Crippen LogP contribution in [0.15, 0.2) is 42.5 Å². The molecule has 0 bridgehead atoms. The predicted molar refractivity (Wildman–Crippen MR) is 131 cm³/mol. The summed E-state index contributed by atoms with van der Waals surface area (Å²) in [7, 11) is 0. The fourth-order valence-electron chi connectivity index (χ4n) is 4.43. The molecule has 0 saturated heterocycles. The lowest BCUT2D eigenvalue weighted by Gasteiger charge is -2.36. The van der Waals surface area contributed by atoms with Crippen LogP contribution in [-0.2, 0) is 9.68 Å². The largest absolute Gasteiger partial charge is 0.349 e. The van der Waals surface area contributed by atoms with Gasteiger partial charge >= 0.3 is 5.97 Å². The third-order valence-electron chi connectivity index (χ3n) is 6.29. The molecule has 0 aliphatic heterocycles. The van der Waals surface area contributed by atoms with E-state index < -0.39 is 11.9 Å². The summed E-state index contributed by atoms with van der Waals surface area (Å²) in [5, 5.41) is 9.11. The maximum atomic E-state index is 12.5. The molecule has 0 aliphatic rings. The first-order chi connectivity index (χ1) is 14.9. The lowest BCUT2D eigenvalue weighted by Crippen LogP contribution is -2.32. The highest BCUT2D eigenvalue weighted by atomic mass is 17.1. The minimum Gasteiger partial charge on any atom is -0.300 e. The van der Waals surface area contributed by atoms with Crippen molar-refractivity contribution >= 4 is 5.97 Å². The second kappa shape index (κ2) is 16.1. The fraction of sp³-hybridized carbons (Fsp3) is 0.679. The van der Waals surface area contributed by atoms with Crippen LogP contribution in [0.1, 0.15) is 116 Å². The number of carbonyl (C=O) groups excluding carboxylic acids is 1. The Labute approximate surface area is 191 Å². The first-order valence-electron chi connectivity index (χ1n) is 12.5. The van der Waals surface area contributed by atoms with E-state index in [1.165, 1.54) is 51.4 Å². The molecule has 0 spiro atoms. The molecule has 1 rings (SSSR count). The van der Waals surface area contributed by atoms with E-state index in [4.69, 9.17) is 5.26 Å². The van der Waals surface area contributed by atoms with E-state index in [1.54, 1.807) is 0 Å². The van der Waals surface area contributed by atoms with Crippen molar-refractivity contribution in [2.75, 3.05) is 0 Å². The molecule has 0 radical (unpaired) electrons. The van der Waals surface area contributed by atoms with E-state index in [1.807, 2.05) is 30.3 Å². The summed E-state index contributed by atoms with van der Waals surface area (Å²) in [4.78, 5) is 16.7. The highest BCUT2D eigenvalue weighted by Gasteiger charge is 2.38. The molecule has 0 heterocycles. The van der Waals surface area contributed by atoms with Crippen LogP contribution >= 0.6 is 0 Å². The smallest absolute Gasteiger partial charge is 0.300 e. The van der Waals surface area contributed by atoms with Crippen LogP contribution in [0.3, 0.4) is 0 Å². The normalized spacial score (nSPS) is 14.0. The van der Waals surface area contributed by atoms with Crippen LogP contribution in [0.2, 0.25) is 0 Å². The van der Waals surface area contributed by atoms with Crippen LogP contribution in [0.4, 0.5) is 0 Å². The minimum absolute atomic E-state index is 0.0638. The summed E-state index contributed by atoms with van der Waals surface area (Å²) in [5.41, 5.74) is 0.852. The van der Waals surface area contributed by atoms with E-state index in [0.29, 0.717) is 0 Å². The Kier molecular flexibility index (Phi) is 14.2. The monoisotopic (exact) mass is 430 g/mol. The van der Waals surface area contributed by atoms with Crippen molar-refractivity contribution in [1.82, 2.24) is 0 Å². The molecule has 0 fully saturated rings. The Morgan fingerprint density at radius 1 is 0.903 bits per heavy atom. The lowest BCUT2D eigenvalue weighted by molar-refractivity contribution is -0.238. The molecule has 3 nitrogen and oxygen atoms in total. The van der Waals surface area contributed by atoms with Crippen LogP contribution in [0, 0.1) is 11.3 Å². The van der Waals surface area contributed by atoms with Crippen molar-refractivity contribution < 1.29 is 14.9 Å². The Bertz CT molecular complexity index is 600. The number of rotatable bonds is 16. The summed E-state index contributed by atoms with van der Waals surface area (Å²) in [6.45, 7) is 8.77. The van der Waals surface area contributed by atoms with E-state index in [2.05, 4.69) is 44.7 Å². The number of unbranched alkanes of at least 4 members (excludes halogenated alkanes) is 9. The average molecular weight is 431 g/mol. The van der Waals surface area contributed by atoms with Crippen molar-refractivity contribution in [3.05, 3.63) is 48.0 Å². The van der Waals surface area contributed by atoms with Gasteiger partial charge in [-0.3, -0.25) is 0 Å². The first kappa shape index (κ1) is 27.4. The van der Waals surface area contributed by atoms with Crippen molar-refractivity contribution in [3.8, 4) is 0 Å².